The minimum Gasteiger partial charge on any atom is -0.369 e. The fraction of sp³-hybridized carbons (Fsp3) is 0.208. The summed E-state index contributed by atoms with van der Waals surface area (Å²) in [6, 6.07) is 17.4. The summed E-state index contributed by atoms with van der Waals surface area (Å²) >= 11 is 1.43. The number of hydrogen-bond acceptors (Lipinski definition) is 8. The summed E-state index contributed by atoms with van der Waals surface area (Å²) in [6.45, 7) is 4.26. The van der Waals surface area contributed by atoms with Crippen molar-refractivity contribution < 1.29 is 4.79 Å². The van der Waals surface area contributed by atoms with E-state index in [1.807, 2.05) is 48.5 Å². The van der Waals surface area contributed by atoms with E-state index in [1.165, 1.54) is 16.9 Å². The first-order valence-corrected chi connectivity index (χ1v) is 12.0. The number of nitrogens with two attached hydrogens (primary N) is 1. The first-order chi connectivity index (χ1) is 17.1. The zero-order valence-corrected chi connectivity index (χ0v) is 19.6. The highest BCUT2D eigenvalue weighted by atomic mass is 32.1. The highest BCUT2D eigenvalue weighted by Gasteiger charge is 2.21. The van der Waals surface area contributed by atoms with Gasteiger partial charge in [0.05, 0.1) is 22.7 Å². The molecule has 0 bridgehead atoms. The fourth-order valence-corrected chi connectivity index (χ4v) is 4.73. The van der Waals surface area contributed by atoms with Crippen molar-refractivity contribution >= 4 is 45.3 Å². The number of nitrogens with zero attached hydrogens (tertiary/aromatic N) is 6. The minimum absolute atomic E-state index is 0.0555. The van der Waals surface area contributed by atoms with Crippen molar-refractivity contribution in [3.05, 3.63) is 70.7 Å². The second-order valence-electron chi connectivity index (χ2n) is 8.12. The highest BCUT2D eigenvalue weighted by molar-refractivity contribution is 7.13. The first kappa shape index (κ1) is 22.5. The molecular weight excluding hydrogens is 462 g/mol. The molecule has 4 aromatic rings. The first-order valence-electron chi connectivity index (χ1n) is 11.1. The molecule has 11 heteroatoms. The van der Waals surface area contributed by atoms with Crippen LogP contribution in [0.1, 0.15) is 21.6 Å². The quantitative estimate of drug-likeness (QED) is 0.292. The third-order valence-electron chi connectivity index (χ3n) is 5.70. The van der Waals surface area contributed by atoms with Gasteiger partial charge in [0, 0.05) is 38.1 Å². The minimum atomic E-state index is -0.413. The number of carbonyl (C=O) groups excluding carboxylic acids is 1. The number of imidazole rings is 1. The van der Waals surface area contributed by atoms with Gasteiger partial charge < -0.3 is 15.6 Å². The van der Waals surface area contributed by atoms with Crippen LogP contribution in [0.3, 0.4) is 0 Å². The lowest BCUT2D eigenvalue weighted by molar-refractivity contribution is 0.0972. The smallest absolute Gasteiger partial charge is 0.277 e. The van der Waals surface area contributed by atoms with E-state index in [0.29, 0.717) is 17.2 Å². The van der Waals surface area contributed by atoms with Crippen LogP contribution >= 0.6 is 11.3 Å². The number of aromatic nitrogens is 3. The fourth-order valence-electron chi connectivity index (χ4n) is 3.87. The maximum atomic E-state index is 12.6. The molecule has 3 heterocycles. The predicted molar refractivity (Wildman–Crippen MR) is 136 cm³/mol. The van der Waals surface area contributed by atoms with Crippen LogP contribution in [-0.2, 0) is 6.54 Å². The molecule has 4 N–H and O–H groups in total. The van der Waals surface area contributed by atoms with Gasteiger partial charge in [0.25, 0.3) is 5.91 Å². The number of guanidine groups is 1. The molecule has 0 atom stereocenters. The second-order valence-corrected chi connectivity index (χ2v) is 8.95. The summed E-state index contributed by atoms with van der Waals surface area (Å²) in [6.07, 6.45) is 0. The predicted octanol–water partition coefficient (Wildman–Crippen LogP) is 2.59. The Kier molecular flexibility index (Phi) is 6.38. The standard InChI is InChI=1S/C24H23N9OS/c25-13-16-5-7-17(8-6-16)14-32-9-11-33(12-10-32)24-29-20(15-35-24)21(34)30-22(26)31-23-27-18-3-1-2-4-19(18)28-23/h1-8,15H,9-12,14H2,(H4,26,27,28,30,31,34). The number of thiazole rings is 1. The SMILES string of the molecule is N#Cc1ccc(CN2CCN(c3nc(C(=O)NC(N)=Nc4nc5ccccc5[nH]4)cs3)CC2)cc1. The maximum Gasteiger partial charge on any atom is 0.277 e. The molecule has 176 valence electrons. The molecule has 0 spiro atoms. The number of nitriles is 1. The summed E-state index contributed by atoms with van der Waals surface area (Å²) in [5, 5.41) is 14.0. The van der Waals surface area contributed by atoms with Crippen molar-refractivity contribution in [2.24, 2.45) is 10.7 Å². The number of fused-ring (bicyclic) bond motifs is 1. The summed E-state index contributed by atoms with van der Waals surface area (Å²) in [7, 11) is 0. The Bertz CT molecular complexity index is 1380. The molecule has 2 aromatic carbocycles. The van der Waals surface area contributed by atoms with Gasteiger partial charge in [-0.05, 0) is 29.8 Å². The van der Waals surface area contributed by atoms with Crippen LogP contribution in [0.5, 0.6) is 0 Å². The van der Waals surface area contributed by atoms with Crippen LogP contribution in [-0.4, -0.2) is 57.9 Å². The molecule has 10 nitrogen and oxygen atoms in total. The van der Waals surface area contributed by atoms with Crippen molar-refractivity contribution in [1.29, 1.82) is 5.26 Å². The van der Waals surface area contributed by atoms with Gasteiger partial charge in [0.15, 0.2) is 5.13 Å². The van der Waals surface area contributed by atoms with E-state index in [9.17, 15) is 4.79 Å². The molecule has 2 aromatic heterocycles. The topological polar surface area (TPSA) is 139 Å². The van der Waals surface area contributed by atoms with E-state index in [4.69, 9.17) is 11.0 Å². The number of para-hydroxylation sites is 2. The van der Waals surface area contributed by atoms with E-state index in [0.717, 1.165) is 48.9 Å². The number of rotatable bonds is 5. The summed E-state index contributed by atoms with van der Waals surface area (Å²) in [5.41, 5.74) is 9.68. The number of benzene rings is 2. The number of hydrogen-bond donors (Lipinski definition) is 3. The Morgan fingerprint density at radius 3 is 2.66 bits per heavy atom. The zero-order valence-electron chi connectivity index (χ0n) is 18.8. The molecule has 1 fully saturated rings. The van der Waals surface area contributed by atoms with E-state index in [-0.39, 0.29) is 5.96 Å². The third kappa shape index (κ3) is 5.29. The molecule has 0 radical (unpaired) electrons. The van der Waals surface area contributed by atoms with Crippen molar-refractivity contribution in [2.75, 3.05) is 31.1 Å². The number of nitrogens with one attached hydrogen (secondary N) is 2. The molecule has 0 unspecified atom stereocenters. The summed E-state index contributed by atoms with van der Waals surface area (Å²) in [4.78, 5) is 33.2. The Hall–Kier alpha value is -4.27. The second kappa shape index (κ2) is 9.92. The molecule has 35 heavy (non-hydrogen) atoms. The van der Waals surface area contributed by atoms with Gasteiger partial charge in [-0.1, -0.05) is 24.3 Å². The van der Waals surface area contributed by atoms with E-state index < -0.39 is 5.91 Å². The van der Waals surface area contributed by atoms with Gasteiger partial charge in [-0.3, -0.25) is 15.0 Å². The van der Waals surface area contributed by atoms with Crippen LogP contribution in [0.4, 0.5) is 11.1 Å². The molecular formula is C24H23N9OS. The van der Waals surface area contributed by atoms with E-state index in [2.05, 4.69) is 41.1 Å². The van der Waals surface area contributed by atoms with Crippen LogP contribution in [0.2, 0.25) is 0 Å². The van der Waals surface area contributed by atoms with E-state index in [1.54, 1.807) is 5.38 Å². The molecule has 1 saturated heterocycles. The Labute approximate surface area is 205 Å². The Morgan fingerprint density at radius 1 is 1.14 bits per heavy atom. The molecule has 1 amide bonds. The average Bonchev–Trinajstić information content (AvgIpc) is 3.52. The molecule has 1 aliphatic heterocycles. The average molecular weight is 486 g/mol. The highest BCUT2D eigenvalue weighted by Crippen LogP contribution is 2.22. The van der Waals surface area contributed by atoms with Crippen LogP contribution in [0.25, 0.3) is 11.0 Å². The lowest BCUT2D eigenvalue weighted by Crippen LogP contribution is -2.46. The van der Waals surface area contributed by atoms with Crippen molar-refractivity contribution in [3.8, 4) is 6.07 Å². The molecule has 5 rings (SSSR count). The monoisotopic (exact) mass is 485 g/mol. The number of H-pyrrole nitrogens is 1. The number of carbonyl (C=O) groups is 1. The molecule has 0 saturated carbocycles. The zero-order chi connectivity index (χ0) is 24.2. The van der Waals surface area contributed by atoms with Crippen molar-refractivity contribution in [3.63, 3.8) is 0 Å². The van der Waals surface area contributed by atoms with Gasteiger partial charge in [0.1, 0.15) is 5.69 Å². The number of anilines is 1. The normalized spacial score (nSPS) is 14.7. The third-order valence-corrected chi connectivity index (χ3v) is 6.60. The van der Waals surface area contributed by atoms with Crippen LogP contribution in [0.15, 0.2) is 58.9 Å². The lowest BCUT2D eigenvalue weighted by atomic mass is 10.1. The number of aliphatic imine (C=N–C) groups is 1. The number of amides is 1. The summed E-state index contributed by atoms with van der Waals surface area (Å²) in [5.74, 6) is -0.147. The van der Waals surface area contributed by atoms with Gasteiger partial charge in [-0.15, -0.1) is 11.3 Å². The summed E-state index contributed by atoms with van der Waals surface area (Å²) < 4.78 is 0. The number of piperazine rings is 1. The van der Waals surface area contributed by atoms with Gasteiger partial charge in [0.2, 0.25) is 11.9 Å². The van der Waals surface area contributed by atoms with Crippen LogP contribution in [0, 0.1) is 11.3 Å². The van der Waals surface area contributed by atoms with E-state index >= 15 is 0 Å². The maximum absolute atomic E-state index is 12.6. The van der Waals surface area contributed by atoms with Crippen molar-refractivity contribution in [1.82, 2.24) is 25.2 Å². The molecule has 0 aliphatic carbocycles. The van der Waals surface area contributed by atoms with Gasteiger partial charge >= 0.3 is 0 Å². The van der Waals surface area contributed by atoms with Gasteiger partial charge in [-0.25, -0.2) is 9.97 Å². The number of aromatic amines is 1. The Balaban J connectivity index is 1.15. The van der Waals surface area contributed by atoms with Crippen molar-refractivity contribution in [2.45, 2.75) is 6.54 Å². The largest absolute Gasteiger partial charge is 0.369 e. The Morgan fingerprint density at radius 2 is 1.91 bits per heavy atom. The lowest BCUT2D eigenvalue weighted by Gasteiger charge is -2.34. The molecule has 1 aliphatic rings. The van der Waals surface area contributed by atoms with Crippen LogP contribution < -0.4 is 16.0 Å². The van der Waals surface area contributed by atoms with Gasteiger partial charge in [-0.2, -0.15) is 10.3 Å².